The zero-order valence-corrected chi connectivity index (χ0v) is 15.3. The lowest BCUT2D eigenvalue weighted by Gasteiger charge is -2.05. The SMILES string of the molecule is COCCNc1nnc(SCC(=O)Nc2ccc3ccccc3c2)s1. The summed E-state index contributed by atoms with van der Waals surface area (Å²) in [5.41, 5.74) is 0.795. The Kier molecular flexibility index (Phi) is 6.21. The van der Waals surface area contributed by atoms with Gasteiger partial charge >= 0.3 is 0 Å². The maximum Gasteiger partial charge on any atom is 0.234 e. The Labute approximate surface area is 154 Å². The Bertz CT molecular complexity index is 853. The second-order valence-electron chi connectivity index (χ2n) is 5.19. The van der Waals surface area contributed by atoms with Gasteiger partial charge in [-0.1, -0.05) is 53.4 Å². The molecule has 2 aromatic carbocycles. The fourth-order valence-electron chi connectivity index (χ4n) is 2.19. The van der Waals surface area contributed by atoms with Gasteiger partial charge in [-0.05, 0) is 22.9 Å². The topological polar surface area (TPSA) is 76.1 Å². The highest BCUT2D eigenvalue weighted by Crippen LogP contribution is 2.25. The molecule has 6 nitrogen and oxygen atoms in total. The van der Waals surface area contributed by atoms with E-state index in [1.807, 2.05) is 42.5 Å². The first-order valence-electron chi connectivity index (χ1n) is 7.72. The van der Waals surface area contributed by atoms with Crippen LogP contribution in [0.1, 0.15) is 0 Å². The third-order valence-corrected chi connectivity index (χ3v) is 5.36. The molecule has 3 aromatic rings. The third kappa shape index (κ3) is 5.15. The predicted molar refractivity (Wildman–Crippen MR) is 104 cm³/mol. The molecule has 0 saturated heterocycles. The van der Waals surface area contributed by atoms with Gasteiger partial charge in [0.05, 0.1) is 12.4 Å². The van der Waals surface area contributed by atoms with Crippen molar-refractivity contribution < 1.29 is 9.53 Å². The van der Waals surface area contributed by atoms with E-state index in [0.717, 1.165) is 25.9 Å². The van der Waals surface area contributed by atoms with Crippen molar-refractivity contribution in [2.24, 2.45) is 0 Å². The highest BCUT2D eigenvalue weighted by Gasteiger charge is 2.08. The Morgan fingerprint density at radius 2 is 2.04 bits per heavy atom. The van der Waals surface area contributed by atoms with Crippen molar-refractivity contribution in [2.75, 3.05) is 36.6 Å². The monoisotopic (exact) mass is 374 g/mol. The van der Waals surface area contributed by atoms with Gasteiger partial charge in [-0.3, -0.25) is 4.79 Å². The lowest BCUT2D eigenvalue weighted by Crippen LogP contribution is -2.13. The van der Waals surface area contributed by atoms with Crippen molar-refractivity contribution >= 4 is 50.6 Å². The van der Waals surface area contributed by atoms with Gasteiger partial charge in [0.15, 0.2) is 4.34 Å². The minimum absolute atomic E-state index is 0.0654. The number of rotatable bonds is 8. The number of benzene rings is 2. The molecule has 2 N–H and O–H groups in total. The highest BCUT2D eigenvalue weighted by atomic mass is 32.2. The van der Waals surface area contributed by atoms with E-state index >= 15 is 0 Å². The Balaban J connectivity index is 1.50. The number of ether oxygens (including phenoxy) is 1. The van der Waals surface area contributed by atoms with Crippen LogP contribution < -0.4 is 10.6 Å². The Morgan fingerprint density at radius 1 is 1.20 bits per heavy atom. The van der Waals surface area contributed by atoms with Crippen molar-refractivity contribution in [2.45, 2.75) is 4.34 Å². The van der Waals surface area contributed by atoms with E-state index in [0.29, 0.717) is 18.9 Å². The van der Waals surface area contributed by atoms with Crippen LogP contribution in [0.15, 0.2) is 46.8 Å². The molecule has 0 unspecified atom stereocenters. The van der Waals surface area contributed by atoms with Crippen molar-refractivity contribution in [3.63, 3.8) is 0 Å². The third-order valence-electron chi connectivity index (χ3n) is 3.35. The second-order valence-corrected chi connectivity index (χ2v) is 7.39. The summed E-state index contributed by atoms with van der Waals surface area (Å²) in [4.78, 5) is 12.1. The maximum atomic E-state index is 12.1. The molecule has 0 saturated carbocycles. The number of thioether (sulfide) groups is 1. The molecule has 0 atom stereocenters. The standard InChI is InChI=1S/C17H18N4O2S2/c1-23-9-8-18-16-20-21-17(25-16)24-11-15(22)19-14-7-6-12-4-2-3-5-13(12)10-14/h2-7,10H,8-9,11H2,1H3,(H,18,20)(H,19,22). The van der Waals surface area contributed by atoms with Crippen LogP contribution in [0.3, 0.4) is 0 Å². The number of carbonyl (C=O) groups excluding carboxylic acids is 1. The van der Waals surface area contributed by atoms with Crippen LogP contribution >= 0.6 is 23.1 Å². The van der Waals surface area contributed by atoms with E-state index in [9.17, 15) is 4.79 Å². The molecular formula is C17H18N4O2S2. The Morgan fingerprint density at radius 3 is 2.88 bits per heavy atom. The molecule has 3 rings (SSSR count). The number of fused-ring (bicyclic) bond motifs is 1. The number of amides is 1. The van der Waals surface area contributed by atoms with E-state index in [1.165, 1.54) is 23.1 Å². The van der Waals surface area contributed by atoms with E-state index in [-0.39, 0.29) is 5.91 Å². The van der Waals surface area contributed by atoms with Crippen LogP contribution in [0.2, 0.25) is 0 Å². The predicted octanol–water partition coefficient (Wildman–Crippen LogP) is 3.48. The number of anilines is 2. The van der Waals surface area contributed by atoms with Gasteiger partial charge in [-0.15, -0.1) is 10.2 Å². The molecule has 1 aromatic heterocycles. The average Bonchev–Trinajstić information content (AvgIpc) is 3.08. The maximum absolute atomic E-state index is 12.1. The largest absolute Gasteiger partial charge is 0.383 e. The molecule has 0 radical (unpaired) electrons. The number of hydrogen-bond acceptors (Lipinski definition) is 7. The molecule has 0 aliphatic rings. The van der Waals surface area contributed by atoms with E-state index < -0.39 is 0 Å². The molecule has 8 heteroatoms. The molecule has 130 valence electrons. The van der Waals surface area contributed by atoms with Gasteiger partial charge in [0.1, 0.15) is 0 Å². The van der Waals surface area contributed by atoms with Crippen LogP contribution in [0.25, 0.3) is 10.8 Å². The summed E-state index contributed by atoms with van der Waals surface area (Å²) in [6.07, 6.45) is 0. The first-order valence-corrected chi connectivity index (χ1v) is 9.52. The molecule has 0 fully saturated rings. The van der Waals surface area contributed by atoms with Crippen molar-refractivity contribution in [1.29, 1.82) is 0 Å². The molecular weight excluding hydrogens is 356 g/mol. The van der Waals surface area contributed by atoms with E-state index in [1.54, 1.807) is 7.11 Å². The minimum Gasteiger partial charge on any atom is -0.383 e. The van der Waals surface area contributed by atoms with Crippen LogP contribution in [-0.4, -0.2) is 42.1 Å². The fraction of sp³-hybridized carbons (Fsp3) is 0.235. The summed E-state index contributed by atoms with van der Waals surface area (Å²) in [5, 5.41) is 17.1. The van der Waals surface area contributed by atoms with Gasteiger partial charge in [-0.25, -0.2) is 0 Å². The summed E-state index contributed by atoms with van der Waals surface area (Å²) in [6, 6.07) is 13.9. The molecule has 1 amide bonds. The molecule has 0 spiro atoms. The zero-order chi connectivity index (χ0) is 17.5. The summed E-state index contributed by atoms with van der Waals surface area (Å²) < 4.78 is 5.73. The number of hydrogen-bond donors (Lipinski definition) is 2. The number of nitrogens with one attached hydrogen (secondary N) is 2. The van der Waals surface area contributed by atoms with Crippen LogP contribution in [0.5, 0.6) is 0 Å². The van der Waals surface area contributed by atoms with Crippen molar-refractivity contribution in [1.82, 2.24) is 10.2 Å². The minimum atomic E-state index is -0.0654. The molecule has 0 aliphatic carbocycles. The molecule has 0 bridgehead atoms. The van der Waals surface area contributed by atoms with Crippen molar-refractivity contribution in [3.8, 4) is 0 Å². The lowest BCUT2D eigenvalue weighted by atomic mass is 10.1. The summed E-state index contributed by atoms with van der Waals surface area (Å²) in [7, 11) is 1.65. The molecule has 0 aliphatic heterocycles. The number of methoxy groups -OCH3 is 1. The number of aromatic nitrogens is 2. The number of carbonyl (C=O) groups is 1. The van der Waals surface area contributed by atoms with Gasteiger partial charge in [-0.2, -0.15) is 0 Å². The zero-order valence-electron chi connectivity index (χ0n) is 13.7. The molecule has 1 heterocycles. The second kappa shape index (κ2) is 8.80. The van der Waals surface area contributed by atoms with Crippen molar-refractivity contribution in [3.05, 3.63) is 42.5 Å². The quantitative estimate of drug-likeness (QED) is 0.464. The van der Waals surface area contributed by atoms with Crippen LogP contribution in [-0.2, 0) is 9.53 Å². The Hall–Kier alpha value is -2.16. The summed E-state index contributed by atoms with van der Waals surface area (Å²) in [6.45, 7) is 1.29. The smallest absolute Gasteiger partial charge is 0.234 e. The first-order chi connectivity index (χ1) is 12.2. The fourth-order valence-corrected chi connectivity index (χ4v) is 3.77. The van der Waals surface area contributed by atoms with Gasteiger partial charge in [0.2, 0.25) is 11.0 Å². The van der Waals surface area contributed by atoms with Crippen LogP contribution in [0.4, 0.5) is 10.8 Å². The average molecular weight is 374 g/mol. The summed E-state index contributed by atoms with van der Waals surface area (Å²) >= 11 is 2.80. The normalized spacial score (nSPS) is 10.8. The lowest BCUT2D eigenvalue weighted by molar-refractivity contribution is -0.113. The van der Waals surface area contributed by atoms with Gasteiger partial charge in [0, 0.05) is 19.3 Å². The summed E-state index contributed by atoms with van der Waals surface area (Å²) in [5.74, 6) is 0.226. The highest BCUT2D eigenvalue weighted by molar-refractivity contribution is 8.01. The molecule has 25 heavy (non-hydrogen) atoms. The van der Waals surface area contributed by atoms with E-state index in [2.05, 4.69) is 20.8 Å². The first kappa shape index (κ1) is 17.7. The van der Waals surface area contributed by atoms with E-state index in [4.69, 9.17) is 4.74 Å². The number of nitrogens with zero attached hydrogens (tertiary/aromatic N) is 2. The van der Waals surface area contributed by atoms with Gasteiger partial charge < -0.3 is 15.4 Å². The van der Waals surface area contributed by atoms with Gasteiger partial charge in [0.25, 0.3) is 0 Å². The van der Waals surface area contributed by atoms with Crippen LogP contribution in [0, 0.1) is 0 Å².